The van der Waals surface area contributed by atoms with E-state index >= 15 is 0 Å². The van der Waals surface area contributed by atoms with E-state index in [1.165, 1.54) is 0 Å². The van der Waals surface area contributed by atoms with Gasteiger partial charge >= 0.3 is 0 Å². The Morgan fingerprint density at radius 2 is 1.53 bits per heavy atom. The Hall–Kier alpha value is -1.58. The van der Waals surface area contributed by atoms with Gasteiger partial charge in [-0.3, -0.25) is 4.98 Å². The SMILES string of the molecule is CC.CC.Cc1cn2nc(C)c(O)c2c(C)n1. The normalized spacial score (nSPS) is 9.12. The van der Waals surface area contributed by atoms with Crippen molar-refractivity contribution < 1.29 is 5.11 Å². The zero-order chi connectivity index (χ0) is 13.6. The van der Waals surface area contributed by atoms with E-state index in [9.17, 15) is 5.11 Å². The summed E-state index contributed by atoms with van der Waals surface area (Å²) in [5, 5.41) is 13.8. The van der Waals surface area contributed by atoms with E-state index in [0.717, 1.165) is 11.4 Å². The fourth-order valence-corrected chi connectivity index (χ4v) is 1.49. The van der Waals surface area contributed by atoms with Crippen LogP contribution in [0.4, 0.5) is 0 Å². The van der Waals surface area contributed by atoms with Gasteiger partial charge in [0.15, 0.2) is 5.75 Å². The number of nitrogens with zero attached hydrogens (tertiary/aromatic N) is 3. The molecule has 1 N–H and O–H groups in total. The number of aromatic nitrogens is 3. The molecule has 2 aromatic rings. The molecule has 4 nitrogen and oxygen atoms in total. The first-order valence-corrected chi connectivity index (χ1v) is 6.11. The first-order valence-electron chi connectivity index (χ1n) is 6.11. The maximum atomic E-state index is 9.65. The predicted octanol–water partition coefficient (Wildman–Crippen LogP) is 3.41. The number of aromatic hydroxyl groups is 1. The summed E-state index contributed by atoms with van der Waals surface area (Å²) in [4.78, 5) is 4.26. The van der Waals surface area contributed by atoms with E-state index in [4.69, 9.17) is 0 Å². The molecule has 4 heteroatoms. The van der Waals surface area contributed by atoms with Crippen molar-refractivity contribution in [3.8, 4) is 5.75 Å². The zero-order valence-corrected chi connectivity index (χ0v) is 11.9. The van der Waals surface area contributed by atoms with Gasteiger partial charge in [-0.1, -0.05) is 27.7 Å². The molecule has 0 saturated carbocycles. The molecule has 0 aliphatic heterocycles. The lowest BCUT2D eigenvalue weighted by Gasteiger charge is -1.99. The van der Waals surface area contributed by atoms with Crippen LogP contribution in [-0.4, -0.2) is 19.7 Å². The van der Waals surface area contributed by atoms with Gasteiger partial charge in [-0.25, -0.2) is 4.52 Å². The molecular weight excluding hydrogens is 214 g/mol. The van der Waals surface area contributed by atoms with Gasteiger partial charge in [-0.15, -0.1) is 0 Å². The standard InChI is InChI=1S/C9H11N3O.2C2H6/c1-5-4-12-8(6(2)10-5)9(13)7(3)11-12;2*1-2/h4,13H,1-3H3;2*1-2H3. The average Bonchev–Trinajstić information content (AvgIpc) is 2.60. The second-order valence-corrected chi connectivity index (χ2v) is 3.19. The number of fused-ring (bicyclic) bond motifs is 1. The molecule has 17 heavy (non-hydrogen) atoms. The van der Waals surface area contributed by atoms with E-state index < -0.39 is 0 Å². The third-order valence-electron chi connectivity index (χ3n) is 2.05. The maximum absolute atomic E-state index is 9.65. The highest BCUT2D eigenvalue weighted by molar-refractivity contribution is 5.64. The fraction of sp³-hybridized carbons (Fsp3) is 0.538. The lowest BCUT2D eigenvalue weighted by atomic mass is 10.3. The molecule has 0 bridgehead atoms. The van der Waals surface area contributed by atoms with Crippen LogP contribution in [0.3, 0.4) is 0 Å². The van der Waals surface area contributed by atoms with Crippen molar-refractivity contribution in [3.63, 3.8) is 0 Å². The van der Waals surface area contributed by atoms with Gasteiger partial charge in [-0.2, -0.15) is 5.10 Å². The van der Waals surface area contributed by atoms with Crippen LogP contribution in [0.1, 0.15) is 44.8 Å². The molecule has 2 heterocycles. The van der Waals surface area contributed by atoms with Crippen LogP contribution in [0, 0.1) is 20.8 Å². The van der Waals surface area contributed by atoms with Crippen LogP contribution < -0.4 is 0 Å². The van der Waals surface area contributed by atoms with Gasteiger partial charge in [0.25, 0.3) is 0 Å². The Bertz CT molecular complexity index is 475. The molecule has 2 aromatic heterocycles. The fourth-order valence-electron chi connectivity index (χ4n) is 1.49. The molecule has 2 rings (SSSR count). The van der Waals surface area contributed by atoms with Gasteiger partial charge in [0.1, 0.15) is 11.2 Å². The summed E-state index contributed by atoms with van der Waals surface area (Å²) >= 11 is 0. The third-order valence-corrected chi connectivity index (χ3v) is 2.05. The van der Waals surface area contributed by atoms with Crippen LogP contribution in [0.15, 0.2) is 6.20 Å². The molecular formula is C13H23N3O. The Labute approximate surface area is 103 Å². The molecule has 0 atom stereocenters. The van der Waals surface area contributed by atoms with Crippen LogP contribution in [0.5, 0.6) is 5.75 Å². The highest BCUT2D eigenvalue weighted by atomic mass is 16.3. The van der Waals surface area contributed by atoms with Crippen LogP contribution in [-0.2, 0) is 0 Å². The zero-order valence-electron chi connectivity index (χ0n) is 11.9. The molecule has 0 aliphatic carbocycles. The predicted molar refractivity (Wildman–Crippen MR) is 71.6 cm³/mol. The molecule has 0 spiro atoms. The van der Waals surface area contributed by atoms with Crippen LogP contribution in [0.2, 0.25) is 0 Å². The second kappa shape index (κ2) is 6.89. The van der Waals surface area contributed by atoms with Crippen LogP contribution in [0.25, 0.3) is 5.52 Å². The van der Waals surface area contributed by atoms with Gasteiger partial charge in [-0.05, 0) is 20.8 Å². The van der Waals surface area contributed by atoms with Gasteiger partial charge in [0.05, 0.1) is 17.6 Å². The van der Waals surface area contributed by atoms with Gasteiger partial charge in [0.2, 0.25) is 0 Å². The minimum atomic E-state index is 0.227. The third kappa shape index (κ3) is 3.19. The molecule has 0 unspecified atom stereocenters. The average molecular weight is 237 g/mol. The van der Waals surface area contributed by atoms with E-state index in [1.807, 2.05) is 41.5 Å². The highest BCUT2D eigenvalue weighted by Crippen LogP contribution is 2.24. The number of aryl methyl sites for hydroxylation is 3. The van der Waals surface area contributed by atoms with Crippen molar-refractivity contribution >= 4 is 5.52 Å². The van der Waals surface area contributed by atoms with E-state index in [0.29, 0.717) is 11.2 Å². The highest BCUT2D eigenvalue weighted by Gasteiger charge is 2.10. The minimum Gasteiger partial charge on any atom is -0.504 e. The largest absolute Gasteiger partial charge is 0.504 e. The number of hydrogen-bond donors (Lipinski definition) is 1. The molecule has 0 fully saturated rings. The number of hydrogen-bond acceptors (Lipinski definition) is 3. The Morgan fingerprint density at radius 1 is 1.00 bits per heavy atom. The van der Waals surface area contributed by atoms with Crippen molar-refractivity contribution in [3.05, 3.63) is 23.3 Å². The summed E-state index contributed by atoms with van der Waals surface area (Å²) in [6.45, 7) is 13.5. The molecule has 0 amide bonds. The van der Waals surface area contributed by atoms with Crippen molar-refractivity contribution in [2.45, 2.75) is 48.5 Å². The maximum Gasteiger partial charge on any atom is 0.166 e. The van der Waals surface area contributed by atoms with Gasteiger partial charge < -0.3 is 5.11 Å². The van der Waals surface area contributed by atoms with Crippen molar-refractivity contribution in [1.29, 1.82) is 0 Å². The first kappa shape index (κ1) is 15.4. The smallest absolute Gasteiger partial charge is 0.166 e. The molecule has 0 radical (unpaired) electrons. The molecule has 0 aromatic carbocycles. The van der Waals surface area contributed by atoms with E-state index in [2.05, 4.69) is 10.1 Å². The first-order chi connectivity index (χ1) is 8.09. The monoisotopic (exact) mass is 237 g/mol. The topological polar surface area (TPSA) is 50.4 Å². The van der Waals surface area contributed by atoms with Gasteiger partial charge in [0, 0.05) is 0 Å². The van der Waals surface area contributed by atoms with E-state index in [1.54, 1.807) is 17.6 Å². The Morgan fingerprint density at radius 3 is 2.06 bits per heavy atom. The van der Waals surface area contributed by atoms with Crippen molar-refractivity contribution in [1.82, 2.24) is 14.6 Å². The molecule has 0 saturated heterocycles. The lowest BCUT2D eigenvalue weighted by Crippen LogP contribution is -1.95. The number of rotatable bonds is 0. The van der Waals surface area contributed by atoms with Crippen molar-refractivity contribution in [2.75, 3.05) is 0 Å². The summed E-state index contributed by atoms with van der Waals surface area (Å²) in [5.41, 5.74) is 3.03. The summed E-state index contributed by atoms with van der Waals surface area (Å²) < 4.78 is 1.67. The summed E-state index contributed by atoms with van der Waals surface area (Å²) in [7, 11) is 0. The minimum absolute atomic E-state index is 0.227. The van der Waals surface area contributed by atoms with E-state index in [-0.39, 0.29) is 5.75 Å². The summed E-state index contributed by atoms with van der Waals surface area (Å²) in [6, 6.07) is 0. The Kier molecular flexibility index (Phi) is 6.25. The lowest BCUT2D eigenvalue weighted by molar-refractivity contribution is 0.476. The quantitative estimate of drug-likeness (QED) is 0.764. The summed E-state index contributed by atoms with van der Waals surface area (Å²) in [5.74, 6) is 0.227. The van der Waals surface area contributed by atoms with Crippen LogP contribution >= 0.6 is 0 Å². The second-order valence-electron chi connectivity index (χ2n) is 3.19. The molecule has 0 aliphatic rings. The van der Waals surface area contributed by atoms with Crippen molar-refractivity contribution in [2.24, 2.45) is 0 Å². The molecule has 96 valence electrons. The summed E-state index contributed by atoms with van der Waals surface area (Å²) in [6.07, 6.45) is 1.80. The Balaban J connectivity index is 0.000000581.